The van der Waals surface area contributed by atoms with Crippen LogP contribution in [0.4, 0.5) is 5.69 Å². The molecule has 1 saturated carbocycles. The lowest BCUT2D eigenvalue weighted by molar-refractivity contribution is 0.588. The van der Waals surface area contributed by atoms with Gasteiger partial charge in [-0.2, -0.15) is 5.26 Å². The Bertz CT molecular complexity index is 511. The third-order valence-electron chi connectivity index (χ3n) is 4.22. The van der Waals surface area contributed by atoms with Gasteiger partial charge >= 0.3 is 0 Å². The van der Waals surface area contributed by atoms with E-state index in [0.717, 1.165) is 44.1 Å². The van der Waals surface area contributed by atoms with Crippen molar-refractivity contribution in [2.24, 2.45) is 0 Å². The Balaban J connectivity index is 0.00000147. The quantitative estimate of drug-likeness (QED) is 0.931. The first-order chi connectivity index (χ1) is 9.33. The molecule has 1 heterocycles. The van der Waals surface area contributed by atoms with Crippen LogP contribution < -0.4 is 10.2 Å². The van der Waals surface area contributed by atoms with Gasteiger partial charge in [-0.25, -0.2) is 0 Å². The van der Waals surface area contributed by atoms with Crippen molar-refractivity contribution in [3.8, 4) is 6.07 Å². The number of nitrogens with one attached hydrogen (secondary N) is 1. The van der Waals surface area contributed by atoms with Gasteiger partial charge < -0.3 is 10.2 Å². The van der Waals surface area contributed by atoms with E-state index in [2.05, 4.69) is 35.3 Å². The second-order valence-corrected chi connectivity index (χ2v) is 5.55. The summed E-state index contributed by atoms with van der Waals surface area (Å²) in [6.07, 6.45) is 3.58. The van der Waals surface area contributed by atoms with Crippen molar-refractivity contribution in [3.05, 3.63) is 28.8 Å². The summed E-state index contributed by atoms with van der Waals surface area (Å²) < 4.78 is 0. The van der Waals surface area contributed by atoms with Gasteiger partial charge in [0.15, 0.2) is 0 Å². The first-order valence-electron chi connectivity index (χ1n) is 7.36. The smallest absolute Gasteiger partial charge is 0.102 e. The molecule has 3 nitrogen and oxygen atoms in total. The fourth-order valence-electron chi connectivity index (χ4n) is 2.92. The third kappa shape index (κ3) is 2.92. The Hall–Kier alpha value is -1.24. The van der Waals surface area contributed by atoms with Crippen LogP contribution in [0.3, 0.4) is 0 Å². The summed E-state index contributed by atoms with van der Waals surface area (Å²) in [5.74, 6) is 0.750. The summed E-state index contributed by atoms with van der Waals surface area (Å²) in [5, 5.41) is 12.9. The van der Waals surface area contributed by atoms with Gasteiger partial charge in [-0.3, -0.25) is 0 Å². The third-order valence-corrected chi connectivity index (χ3v) is 4.22. The summed E-state index contributed by atoms with van der Waals surface area (Å²) in [5.41, 5.74) is 4.74. The van der Waals surface area contributed by atoms with Crippen molar-refractivity contribution in [2.45, 2.75) is 32.1 Å². The lowest BCUT2D eigenvalue weighted by Gasteiger charge is -2.31. The van der Waals surface area contributed by atoms with Crippen molar-refractivity contribution in [3.63, 3.8) is 0 Å². The van der Waals surface area contributed by atoms with Gasteiger partial charge in [0.1, 0.15) is 6.07 Å². The van der Waals surface area contributed by atoms with Crippen molar-refractivity contribution < 1.29 is 0 Å². The average Bonchev–Trinajstić information content (AvgIpc) is 3.31. The number of aryl methyl sites for hydroxylation is 1. The number of anilines is 1. The standard InChI is InChI=1S/C16H21N3.ClH/c1-2-12-9-14(13-3-4-13)10-16(15(12)11-17)19-7-5-18-6-8-19;/h9-10,13,18H,2-8H2,1H3;1H. The molecule has 3 rings (SSSR count). The number of benzene rings is 1. The fourth-order valence-corrected chi connectivity index (χ4v) is 2.92. The van der Waals surface area contributed by atoms with Gasteiger partial charge in [-0.05, 0) is 42.4 Å². The van der Waals surface area contributed by atoms with E-state index < -0.39 is 0 Å². The minimum atomic E-state index is 0. The molecular weight excluding hydrogens is 270 g/mol. The molecule has 0 spiro atoms. The molecule has 1 aromatic rings. The predicted molar refractivity (Wildman–Crippen MR) is 84.8 cm³/mol. The molecule has 108 valence electrons. The van der Waals surface area contributed by atoms with E-state index in [1.54, 1.807) is 0 Å². The van der Waals surface area contributed by atoms with Crippen molar-refractivity contribution in [2.75, 3.05) is 31.1 Å². The first-order valence-corrected chi connectivity index (χ1v) is 7.36. The largest absolute Gasteiger partial charge is 0.368 e. The molecule has 0 amide bonds. The number of hydrogen-bond acceptors (Lipinski definition) is 3. The second kappa shape index (κ2) is 6.47. The Morgan fingerprint density at radius 1 is 1.30 bits per heavy atom. The summed E-state index contributed by atoms with van der Waals surface area (Å²) in [7, 11) is 0. The molecule has 2 fully saturated rings. The number of halogens is 1. The highest BCUT2D eigenvalue weighted by molar-refractivity contribution is 5.85. The van der Waals surface area contributed by atoms with Gasteiger partial charge in [0.2, 0.25) is 0 Å². The van der Waals surface area contributed by atoms with Crippen LogP contribution in [0.1, 0.15) is 42.4 Å². The maximum Gasteiger partial charge on any atom is 0.102 e. The fraction of sp³-hybridized carbons (Fsp3) is 0.562. The van der Waals surface area contributed by atoms with E-state index in [0.29, 0.717) is 0 Å². The maximum atomic E-state index is 9.51. The molecule has 20 heavy (non-hydrogen) atoms. The van der Waals surface area contributed by atoms with Crippen LogP contribution in [0.5, 0.6) is 0 Å². The molecule has 1 N–H and O–H groups in total. The predicted octanol–water partition coefficient (Wildman–Crippen LogP) is 2.83. The van der Waals surface area contributed by atoms with Crippen LogP contribution in [-0.4, -0.2) is 26.2 Å². The second-order valence-electron chi connectivity index (χ2n) is 5.55. The van der Waals surface area contributed by atoms with Crippen LogP contribution in [0.25, 0.3) is 0 Å². The lowest BCUT2D eigenvalue weighted by atomic mass is 9.97. The highest BCUT2D eigenvalue weighted by atomic mass is 35.5. The Morgan fingerprint density at radius 2 is 2.00 bits per heavy atom. The summed E-state index contributed by atoms with van der Waals surface area (Å²) >= 11 is 0. The highest BCUT2D eigenvalue weighted by Crippen LogP contribution is 2.42. The molecule has 0 unspecified atom stereocenters. The zero-order chi connectivity index (χ0) is 13.2. The number of piperazine rings is 1. The van der Waals surface area contributed by atoms with E-state index in [-0.39, 0.29) is 12.4 Å². The lowest BCUT2D eigenvalue weighted by Crippen LogP contribution is -2.44. The minimum Gasteiger partial charge on any atom is -0.368 e. The normalized spacial score (nSPS) is 18.3. The molecule has 1 aliphatic carbocycles. The number of nitriles is 1. The molecule has 1 aromatic carbocycles. The zero-order valence-electron chi connectivity index (χ0n) is 12.0. The molecular formula is C16H22ClN3. The molecule has 4 heteroatoms. The van der Waals surface area contributed by atoms with Gasteiger partial charge in [0, 0.05) is 26.2 Å². The summed E-state index contributed by atoms with van der Waals surface area (Å²) in [6, 6.07) is 6.98. The van der Waals surface area contributed by atoms with Crippen LogP contribution in [0.15, 0.2) is 12.1 Å². The van der Waals surface area contributed by atoms with Gasteiger partial charge in [0.05, 0.1) is 11.3 Å². The number of hydrogen-bond donors (Lipinski definition) is 1. The van der Waals surface area contributed by atoms with Crippen molar-refractivity contribution in [1.29, 1.82) is 5.26 Å². The molecule has 0 bridgehead atoms. The Labute approximate surface area is 127 Å². The Kier molecular flexibility index (Phi) is 4.91. The van der Waals surface area contributed by atoms with E-state index in [1.807, 2.05) is 0 Å². The van der Waals surface area contributed by atoms with Gasteiger partial charge in [-0.1, -0.05) is 13.0 Å². The summed E-state index contributed by atoms with van der Waals surface area (Å²) in [6.45, 7) is 6.19. The molecule has 2 aliphatic rings. The Morgan fingerprint density at radius 3 is 2.55 bits per heavy atom. The molecule has 0 atom stereocenters. The zero-order valence-corrected chi connectivity index (χ0v) is 12.8. The average molecular weight is 292 g/mol. The van der Waals surface area contributed by atoms with Crippen LogP contribution in [-0.2, 0) is 6.42 Å². The number of rotatable bonds is 3. The van der Waals surface area contributed by atoms with E-state index in [4.69, 9.17) is 0 Å². The van der Waals surface area contributed by atoms with Crippen LogP contribution >= 0.6 is 12.4 Å². The summed E-state index contributed by atoms with van der Waals surface area (Å²) in [4.78, 5) is 2.38. The van der Waals surface area contributed by atoms with Gasteiger partial charge in [0.25, 0.3) is 0 Å². The molecule has 1 saturated heterocycles. The van der Waals surface area contributed by atoms with Crippen molar-refractivity contribution in [1.82, 2.24) is 5.32 Å². The SMILES string of the molecule is CCc1cc(C2CC2)cc(N2CCNCC2)c1C#N.Cl. The van der Waals surface area contributed by atoms with E-state index >= 15 is 0 Å². The monoisotopic (exact) mass is 291 g/mol. The topological polar surface area (TPSA) is 39.1 Å². The van der Waals surface area contributed by atoms with Crippen LogP contribution in [0, 0.1) is 11.3 Å². The van der Waals surface area contributed by atoms with Crippen molar-refractivity contribution >= 4 is 18.1 Å². The molecule has 0 aromatic heterocycles. The van der Waals surface area contributed by atoms with Crippen LogP contribution in [0.2, 0.25) is 0 Å². The highest BCUT2D eigenvalue weighted by Gasteiger charge is 2.26. The first kappa shape index (κ1) is 15.2. The number of nitrogens with zero attached hydrogens (tertiary/aromatic N) is 2. The van der Waals surface area contributed by atoms with Gasteiger partial charge in [-0.15, -0.1) is 12.4 Å². The van der Waals surface area contributed by atoms with E-state index in [9.17, 15) is 5.26 Å². The molecule has 1 aliphatic heterocycles. The minimum absolute atomic E-state index is 0. The van der Waals surface area contributed by atoms with E-state index in [1.165, 1.54) is 29.7 Å². The molecule has 0 radical (unpaired) electrons. The maximum absolute atomic E-state index is 9.51.